The summed E-state index contributed by atoms with van der Waals surface area (Å²) in [4.78, 5) is 11.3. The van der Waals surface area contributed by atoms with Crippen LogP contribution in [0.1, 0.15) is 40.5 Å². The van der Waals surface area contributed by atoms with E-state index in [0.717, 1.165) is 19.4 Å². The Morgan fingerprint density at radius 3 is 2.50 bits per heavy atom. The molecule has 0 aromatic carbocycles. The molecular weight excluding hydrogens is 206 g/mol. The van der Waals surface area contributed by atoms with E-state index >= 15 is 0 Å². The standard InChI is InChI=1S/C12H25NO3/c1-5-8-15-9-6-7-13-11(14)10-16-12(2,3)4/h5-10H2,1-4H3,(H,13,14). The highest BCUT2D eigenvalue weighted by Gasteiger charge is 2.12. The number of amides is 1. The Balaban J connectivity index is 3.31. The normalized spacial score (nSPS) is 11.5. The van der Waals surface area contributed by atoms with E-state index in [1.807, 2.05) is 20.8 Å². The number of hydrogen-bond donors (Lipinski definition) is 1. The summed E-state index contributed by atoms with van der Waals surface area (Å²) in [6.07, 6.45) is 1.88. The van der Waals surface area contributed by atoms with Gasteiger partial charge in [0.05, 0.1) is 5.60 Å². The summed E-state index contributed by atoms with van der Waals surface area (Å²) in [5, 5.41) is 2.79. The van der Waals surface area contributed by atoms with Crippen molar-refractivity contribution in [1.29, 1.82) is 0 Å². The molecule has 0 saturated carbocycles. The largest absolute Gasteiger partial charge is 0.381 e. The fourth-order valence-corrected chi connectivity index (χ4v) is 0.982. The Kier molecular flexibility index (Phi) is 8.21. The van der Waals surface area contributed by atoms with Crippen LogP contribution in [0.15, 0.2) is 0 Å². The minimum atomic E-state index is -0.262. The van der Waals surface area contributed by atoms with Crippen LogP contribution in [0, 0.1) is 0 Å². The molecule has 0 atom stereocenters. The molecule has 0 aliphatic carbocycles. The van der Waals surface area contributed by atoms with Crippen molar-refractivity contribution in [3.63, 3.8) is 0 Å². The molecule has 0 saturated heterocycles. The highest BCUT2D eigenvalue weighted by atomic mass is 16.5. The second-order valence-electron chi connectivity index (χ2n) is 4.72. The molecule has 4 nitrogen and oxygen atoms in total. The molecule has 0 aromatic heterocycles. The van der Waals surface area contributed by atoms with E-state index in [0.29, 0.717) is 13.2 Å². The number of carbonyl (C=O) groups is 1. The van der Waals surface area contributed by atoms with Crippen LogP contribution in [0.25, 0.3) is 0 Å². The van der Waals surface area contributed by atoms with Gasteiger partial charge in [-0.1, -0.05) is 6.92 Å². The lowest BCUT2D eigenvalue weighted by Crippen LogP contribution is -2.32. The monoisotopic (exact) mass is 231 g/mol. The predicted molar refractivity (Wildman–Crippen MR) is 64.4 cm³/mol. The van der Waals surface area contributed by atoms with Gasteiger partial charge >= 0.3 is 0 Å². The van der Waals surface area contributed by atoms with Crippen molar-refractivity contribution in [3.8, 4) is 0 Å². The summed E-state index contributed by atoms with van der Waals surface area (Å²) >= 11 is 0. The highest BCUT2D eigenvalue weighted by Crippen LogP contribution is 2.05. The molecule has 1 N–H and O–H groups in total. The Hall–Kier alpha value is -0.610. The summed E-state index contributed by atoms with van der Waals surface area (Å²) in [7, 11) is 0. The Bertz CT molecular complexity index is 187. The molecule has 16 heavy (non-hydrogen) atoms. The summed E-state index contributed by atoms with van der Waals surface area (Å²) in [5.74, 6) is -0.0644. The van der Waals surface area contributed by atoms with Crippen molar-refractivity contribution >= 4 is 5.91 Å². The SMILES string of the molecule is CCCOCCCNC(=O)COC(C)(C)C. The first-order chi connectivity index (χ1) is 7.45. The van der Waals surface area contributed by atoms with Crippen molar-refractivity contribution in [2.45, 2.75) is 46.1 Å². The zero-order chi connectivity index (χ0) is 12.4. The molecule has 0 fully saturated rings. The third-order valence-electron chi connectivity index (χ3n) is 1.77. The second kappa shape index (κ2) is 8.53. The van der Waals surface area contributed by atoms with Crippen LogP contribution < -0.4 is 5.32 Å². The third kappa shape index (κ3) is 11.5. The fourth-order valence-electron chi connectivity index (χ4n) is 0.982. The summed E-state index contributed by atoms with van der Waals surface area (Å²) < 4.78 is 10.6. The zero-order valence-electron chi connectivity index (χ0n) is 11.0. The Morgan fingerprint density at radius 1 is 1.25 bits per heavy atom. The fraction of sp³-hybridized carbons (Fsp3) is 0.917. The maximum Gasteiger partial charge on any atom is 0.246 e. The van der Waals surface area contributed by atoms with Gasteiger partial charge in [-0.3, -0.25) is 4.79 Å². The van der Waals surface area contributed by atoms with Crippen LogP contribution in [0.5, 0.6) is 0 Å². The molecule has 0 heterocycles. The van der Waals surface area contributed by atoms with Gasteiger partial charge in [0, 0.05) is 19.8 Å². The Labute approximate surface area is 98.7 Å². The van der Waals surface area contributed by atoms with E-state index in [2.05, 4.69) is 12.2 Å². The van der Waals surface area contributed by atoms with Gasteiger partial charge in [-0.15, -0.1) is 0 Å². The molecule has 0 aliphatic heterocycles. The van der Waals surface area contributed by atoms with E-state index in [9.17, 15) is 4.79 Å². The van der Waals surface area contributed by atoms with Gasteiger partial charge in [-0.05, 0) is 33.6 Å². The first kappa shape index (κ1) is 15.4. The minimum Gasteiger partial charge on any atom is -0.381 e. The van der Waals surface area contributed by atoms with E-state index in [1.54, 1.807) is 0 Å². The van der Waals surface area contributed by atoms with Crippen LogP contribution in [-0.2, 0) is 14.3 Å². The van der Waals surface area contributed by atoms with E-state index < -0.39 is 0 Å². The molecule has 0 spiro atoms. The highest BCUT2D eigenvalue weighted by molar-refractivity contribution is 5.77. The van der Waals surface area contributed by atoms with Crippen molar-refractivity contribution in [1.82, 2.24) is 5.32 Å². The molecule has 0 rings (SSSR count). The third-order valence-corrected chi connectivity index (χ3v) is 1.77. The maximum atomic E-state index is 11.3. The van der Waals surface area contributed by atoms with Crippen LogP contribution in [0.3, 0.4) is 0 Å². The zero-order valence-corrected chi connectivity index (χ0v) is 11.0. The number of ether oxygens (including phenoxy) is 2. The van der Waals surface area contributed by atoms with Crippen LogP contribution in [0.2, 0.25) is 0 Å². The van der Waals surface area contributed by atoms with Gasteiger partial charge in [0.2, 0.25) is 5.91 Å². The van der Waals surface area contributed by atoms with Gasteiger partial charge in [-0.2, -0.15) is 0 Å². The van der Waals surface area contributed by atoms with Crippen LogP contribution in [-0.4, -0.2) is 37.9 Å². The van der Waals surface area contributed by atoms with Gasteiger partial charge < -0.3 is 14.8 Å². The Morgan fingerprint density at radius 2 is 1.94 bits per heavy atom. The quantitative estimate of drug-likeness (QED) is 0.647. The lowest BCUT2D eigenvalue weighted by molar-refractivity contribution is -0.130. The molecule has 0 bridgehead atoms. The number of carbonyl (C=O) groups excluding carboxylic acids is 1. The minimum absolute atomic E-state index is 0.0644. The van der Waals surface area contributed by atoms with Gasteiger partial charge in [-0.25, -0.2) is 0 Å². The summed E-state index contributed by atoms with van der Waals surface area (Å²) in [6.45, 7) is 10.1. The van der Waals surface area contributed by atoms with E-state index in [4.69, 9.17) is 9.47 Å². The molecule has 1 amide bonds. The van der Waals surface area contributed by atoms with Crippen molar-refractivity contribution in [2.24, 2.45) is 0 Å². The molecule has 4 heteroatoms. The average Bonchev–Trinajstić information content (AvgIpc) is 2.19. The number of nitrogens with one attached hydrogen (secondary N) is 1. The van der Waals surface area contributed by atoms with Crippen LogP contribution >= 0.6 is 0 Å². The molecule has 96 valence electrons. The van der Waals surface area contributed by atoms with Crippen molar-refractivity contribution < 1.29 is 14.3 Å². The first-order valence-electron chi connectivity index (χ1n) is 5.94. The van der Waals surface area contributed by atoms with Crippen molar-refractivity contribution in [3.05, 3.63) is 0 Å². The summed E-state index contributed by atoms with van der Waals surface area (Å²) in [6, 6.07) is 0. The average molecular weight is 231 g/mol. The number of rotatable bonds is 8. The molecule has 0 aliphatic rings. The van der Waals surface area contributed by atoms with E-state index in [-0.39, 0.29) is 18.1 Å². The van der Waals surface area contributed by atoms with Crippen molar-refractivity contribution in [2.75, 3.05) is 26.4 Å². The molecule has 0 aromatic rings. The lowest BCUT2D eigenvalue weighted by Gasteiger charge is -2.18. The van der Waals surface area contributed by atoms with E-state index in [1.165, 1.54) is 0 Å². The smallest absolute Gasteiger partial charge is 0.246 e. The molecule has 0 radical (unpaired) electrons. The lowest BCUT2D eigenvalue weighted by atomic mass is 10.2. The van der Waals surface area contributed by atoms with Gasteiger partial charge in [0.15, 0.2) is 0 Å². The predicted octanol–water partition coefficient (Wildman–Crippen LogP) is 1.73. The molecule has 0 unspecified atom stereocenters. The van der Waals surface area contributed by atoms with Gasteiger partial charge in [0.1, 0.15) is 6.61 Å². The molecular formula is C12H25NO3. The number of hydrogen-bond acceptors (Lipinski definition) is 3. The maximum absolute atomic E-state index is 11.3. The van der Waals surface area contributed by atoms with Crippen LogP contribution in [0.4, 0.5) is 0 Å². The van der Waals surface area contributed by atoms with Gasteiger partial charge in [0.25, 0.3) is 0 Å². The second-order valence-corrected chi connectivity index (χ2v) is 4.72. The first-order valence-corrected chi connectivity index (χ1v) is 5.94. The topological polar surface area (TPSA) is 47.6 Å². The summed E-state index contributed by atoms with van der Waals surface area (Å²) in [5.41, 5.74) is -0.262.